The van der Waals surface area contributed by atoms with Crippen LogP contribution in [0, 0.1) is 17.0 Å². The monoisotopic (exact) mass is 412 g/mol. The van der Waals surface area contributed by atoms with Crippen LogP contribution in [-0.4, -0.2) is 30.5 Å². The van der Waals surface area contributed by atoms with E-state index in [0.29, 0.717) is 5.39 Å². The quantitative estimate of drug-likeness (QED) is 0.370. The lowest BCUT2D eigenvalue weighted by atomic mass is 10.1. The van der Waals surface area contributed by atoms with Crippen molar-refractivity contribution in [3.05, 3.63) is 74.1 Å². The highest BCUT2D eigenvalue weighted by molar-refractivity contribution is 5.96. The molecule has 3 aromatic rings. The molecule has 0 aliphatic heterocycles. The smallest absolute Gasteiger partial charge is 0.374 e. The van der Waals surface area contributed by atoms with Crippen LogP contribution in [0.15, 0.2) is 51.7 Å². The first kappa shape index (κ1) is 20.5. The first-order valence-electron chi connectivity index (χ1n) is 8.62. The fourth-order valence-electron chi connectivity index (χ4n) is 2.65. The highest BCUT2D eigenvalue weighted by Gasteiger charge is 2.19. The van der Waals surface area contributed by atoms with Crippen molar-refractivity contribution in [3.8, 4) is 5.75 Å². The Morgan fingerprint density at radius 3 is 2.63 bits per heavy atom. The number of esters is 1. The van der Waals surface area contributed by atoms with E-state index in [0.717, 1.165) is 17.7 Å². The fourth-order valence-corrected chi connectivity index (χ4v) is 2.65. The molecule has 154 valence electrons. The summed E-state index contributed by atoms with van der Waals surface area (Å²) >= 11 is 0. The van der Waals surface area contributed by atoms with E-state index < -0.39 is 28.8 Å². The number of ether oxygens (including phenoxy) is 2. The van der Waals surface area contributed by atoms with E-state index >= 15 is 0 Å². The molecule has 3 rings (SSSR count). The van der Waals surface area contributed by atoms with Crippen molar-refractivity contribution in [2.24, 2.45) is 0 Å². The summed E-state index contributed by atoms with van der Waals surface area (Å²) in [5.41, 5.74) is 0.164. The third kappa shape index (κ3) is 4.43. The lowest BCUT2D eigenvalue weighted by Crippen LogP contribution is -2.22. The minimum atomic E-state index is -1.02. The zero-order valence-corrected chi connectivity index (χ0v) is 16.0. The summed E-state index contributed by atoms with van der Waals surface area (Å²) in [6.45, 7) is 1.07. The van der Waals surface area contributed by atoms with Gasteiger partial charge in [0.05, 0.1) is 23.5 Å². The Bertz CT molecular complexity index is 1220. The lowest BCUT2D eigenvalue weighted by molar-refractivity contribution is -0.384. The second-order valence-electron chi connectivity index (χ2n) is 6.24. The predicted molar refractivity (Wildman–Crippen MR) is 106 cm³/mol. The number of nitro groups is 1. The normalized spacial score (nSPS) is 10.5. The zero-order chi connectivity index (χ0) is 21.8. The van der Waals surface area contributed by atoms with Crippen LogP contribution in [0.25, 0.3) is 11.0 Å². The van der Waals surface area contributed by atoms with Crippen LogP contribution >= 0.6 is 0 Å². The molecule has 0 atom stereocenters. The number of amides is 1. The molecule has 1 amide bonds. The second-order valence-corrected chi connectivity index (χ2v) is 6.24. The van der Waals surface area contributed by atoms with E-state index in [2.05, 4.69) is 5.32 Å². The van der Waals surface area contributed by atoms with Crippen molar-refractivity contribution < 1.29 is 28.4 Å². The van der Waals surface area contributed by atoms with Gasteiger partial charge < -0.3 is 19.2 Å². The maximum atomic E-state index is 12.2. The van der Waals surface area contributed by atoms with E-state index in [1.165, 1.54) is 19.2 Å². The van der Waals surface area contributed by atoms with E-state index in [9.17, 15) is 24.5 Å². The minimum absolute atomic E-state index is 0.0885. The average Bonchev–Trinajstić information content (AvgIpc) is 2.72. The fraction of sp³-hybridized carbons (Fsp3) is 0.150. The molecule has 0 saturated heterocycles. The van der Waals surface area contributed by atoms with Crippen molar-refractivity contribution in [2.75, 3.05) is 19.0 Å². The number of carbonyl (C=O) groups is 2. The molecule has 2 aromatic carbocycles. The Morgan fingerprint density at radius 2 is 1.93 bits per heavy atom. The van der Waals surface area contributed by atoms with Crippen LogP contribution in [0.2, 0.25) is 0 Å². The van der Waals surface area contributed by atoms with E-state index in [4.69, 9.17) is 13.9 Å². The highest BCUT2D eigenvalue weighted by atomic mass is 16.6. The molecular weight excluding hydrogens is 396 g/mol. The molecule has 0 saturated carbocycles. The summed E-state index contributed by atoms with van der Waals surface area (Å²) in [6.07, 6.45) is 0. The number of nitrogens with one attached hydrogen (secondary N) is 1. The number of rotatable bonds is 6. The summed E-state index contributed by atoms with van der Waals surface area (Å²) < 4.78 is 15.2. The van der Waals surface area contributed by atoms with E-state index in [1.54, 1.807) is 18.2 Å². The van der Waals surface area contributed by atoms with Crippen molar-refractivity contribution in [1.82, 2.24) is 0 Å². The number of benzene rings is 2. The molecule has 1 heterocycles. The van der Waals surface area contributed by atoms with E-state index in [1.807, 2.05) is 6.92 Å². The van der Waals surface area contributed by atoms with E-state index in [-0.39, 0.29) is 28.5 Å². The Kier molecular flexibility index (Phi) is 5.77. The molecular formula is C20H16N2O8. The molecule has 30 heavy (non-hydrogen) atoms. The van der Waals surface area contributed by atoms with Gasteiger partial charge in [0, 0.05) is 6.07 Å². The van der Waals surface area contributed by atoms with Gasteiger partial charge in [-0.2, -0.15) is 0 Å². The van der Waals surface area contributed by atoms with Gasteiger partial charge in [-0.05, 0) is 31.2 Å². The molecule has 0 unspecified atom stereocenters. The first-order chi connectivity index (χ1) is 14.3. The number of anilines is 1. The van der Waals surface area contributed by atoms with Crippen molar-refractivity contribution in [1.29, 1.82) is 0 Å². The van der Waals surface area contributed by atoms with Gasteiger partial charge in [-0.15, -0.1) is 0 Å². The Balaban J connectivity index is 1.70. The summed E-state index contributed by atoms with van der Waals surface area (Å²) in [5.74, 6) is -1.95. The highest BCUT2D eigenvalue weighted by Crippen LogP contribution is 2.28. The van der Waals surface area contributed by atoms with Crippen molar-refractivity contribution in [3.63, 3.8) is 0 Å². The van der Waals surface area contributed by atoms with Crippen molar-refractivity contribution in [2.45, 2.75) is 6.92 Å². The van der Waals surface area contributed by atoms with Crippen LogP contribution in [-0.2, 0) is 9.53 Å². The molecule has 0 fully saturated rings. The SMILES string of the molecule is COc1ccc(NC(=O)COC(=O)c2cc(=O)c3cc(C)ccc3o2)c([N+](=O)[O-])c1. The number of methoxy groups -OCH3 is 1. The van der Waals surface area contributed by atoms with Crippen LogP contribution in [0.5, 0.6) is 5.75 Å². The molecule has 0 aliphatic rings. The maximum absolute atomic E-state index is 12.2. The number of fused-ring (bicyclic) bond motifs is 1. The van der Waals surface area contributed by atoms with Gasteiger partial charge in [-0.25, -0.2) is 4.79 Å². The molecule has 1 N–H and O–H groups in total. The number of hydrogen-bond acceptors (Lipinski definition) is 8. The van der Waals surface area contributed by atoms with Gasteiger partial charge in [0.2, 0.25) is 5.76 Å². The molecule has 1 aromatic heterocycles. The Labute approximate surface area is 169 Å². The summed E-state index contributed by atoms with van der Waals surface area (Å²) in [6, 6.07) is 9.75. The molecule has 0 radical (unpaired) electrons. The first-order valence-corrected chi connectivity index (χ1v) is 8.62. The van der Waals surface area contributed by atoms with Gasteiger partial charge >= 0.3 is 5.97 Å². The van der Waals surface area contributed by atoms with Crippen LogP contribution in [0.1, 0.15) is 16.1 Å². The van der Waals surface area contributed by atoms with Crippen LogP contribution < -0.4 is 15.5 Å². The number of nitrogens with zero attached hydrogens (tertiary/aromatic N) is 1. The molecule has 10 nitrogen and oxygen atoms in total. The molecule has 0 bridgehead atoms. The number of nitro benzene ring substituents is 1. The van der Waals surface area contributed by atoms with Crippen LogP contribution in [0.3, 0.4) is 0 Å². The van der Waals surface area contributed by atoms with Gasteiger partial charge in [-0.1, -0.05) is 11.6 Å². The molecule has 0 aliphatic carbocycles. The third-order valence-corrected chi connectivity index (χ3v) is 4.09. The van der Waals surface area contributed by atoms with Gasteiger partial charge in [0.25, 0.3) is 11.6 Å². The Hall–Kier alpha value is -4.21. The lowest BCUT2D eigenvalue weighted by Gasteiger charge is -2.08. The molecule has 0 spiro atoms. The minimum Gasteiger partial charge on any atom is -0.496 e. The number of carbonyl (C=O) groups excluding carboxylic acids is 2. The van der Waals surface area contributed by atoms with Gasteiger partial charge in [0.15, 0.2) is 12.0 Å². The second kappa shape index (κ2) is 8.43. The summed E-state index contributed by atoms with van der Waals surface area (Å²) in [7, 11) is 1.35. The average molecular weight is 412 g/mol. The predicted octanol–water partition coefficient (Wildman–Crippen LogP) is 2.81. The largest absolute Gasteiger partial charge is 0.496 e. The zero-order valence-electron chi connectivity index (χ0n) is 16.0. The summed E-state index contributed by atoms with van der Waals surface area (Å²) in [4.78, 5) is 46.9. The molecule has 10 heteroatoms. The standard InChI is InChI=1S/C20H16N2O8/c1-11-3-6-17-13(7-11)16(23)9-18(30-17)20(25)29-10-19(24)21-14-5-4-12(28-2)8-15(14)22(26)27/h3-9H,10H2,1-2H3,(H,21,24). The van der Waals surface area contributed by atoms with Gasteiger partial charge in [0.1, 0.15) is 17.0 Å². The maximum Gasteiger partial charge on any atom is 0.374 e. The van der Waals surface area contributed by atoms with Gasteiger partial charge in [-0.3, -0.25) is 19.7 Å². The number of aryl methyl sites for hydroxylation is 1. The third-order valence-electron chi connectivity index (χ3n) is 4.09. The topological polar surface area (TPSA) is 138 Å². The summed E-state index contributed by atoms with van der Waals surface area (Å²) in [5, 5.41) is 13.8. The Morgan fingerprint density at radius 1 is 1.17 bits per heavy atom. The number of hydrogen-bond donors (Lipinski definition) is 1. The van der Waals surface area contributed by atoms with Crippen molar-refractivity contribution >= 4 is 34.2 Å². The van der Waals surface area contributed by atoms with Crippen LogP contribution in [0.4, 0.5) is 11.4 Å².